The average Bonchev–Trinajstić information content (AvgIpc) is 2.82. The van der Waals surface area contributed by atoms with Crippen molar-refractivity contribution in [2.75, 3.05) is 18.4 Å². The van der Waals surface area contributed by atoms with Gasteiger partial charge < -0.3 is 15.2 Å². The maximum absolute atomic E-state index is 13.9. The molecule has 0 radical (unpaired) electrons. The largest absolute Gasteiger partial charge is 0.477 e. The average molecular weight is 511 g/mol. The highest BCUT2D eigenvalue weighted by Crippen LogP contribution is 2.41. The Morgan fingerprint density at radius 2 is 1.81 bits per heavy atom. The van der Waals surface area contributed by atoms with E-state index in [4.69, 9.17) is 0 Å². The number of anilines is 1. The minimum Gasteiger partial charge on any atom is -0.477 e. The van der Waals surface area contributed by atoms with E-state index < -0.39 is 18.0 Å². The summed E-state index contributed by atoms with van der Waals surface area (Å²) in [6.07, 6.45) is 0. The Kier molecular flexibility index (Phi) is 7.49. The maximum Gasteiger partial charge on any atom is 0.388 e. The Balaban J connectivity index is 1.65. The SMILES string of the molecule is Cc1ccc(NC(=O)C2(c3ccccc3C(C)C)CN(Cc3cccc(C(=O)O)n3)C2)c(OC(F)F)n1. The molecule has 0 unspecified atom stereocenters. The molecule has 0 spiro atoms. The van der Waals surface area contributed by atoms with Gasteiger partial charge in [0.2, 0.25) is 11.8 Å². The third kappa shape index (κ3) is 5.59. The standard InChI is InChI=1S/C27H28F2N4O4/c1-16(2)19-8-4-5-9-20(19)27(14-33(15-27)13-18-7-6-10-22(31-18)24(34)35)25(36)32-21-12-11-17(3)30-23(21)37-26(28)29/h4-12,16,26H,13-15H2,1-3H3,(H,32,36)(H,34,35). The molecule has 0 saturated carbocycles. The molecule has 2 aromatic heterocycles. The van der Waals surface area contributed by atoms with Crippen LogP contribution in [0.25, 0.3) is 0 Å². The molecule has 0 atom stereocenters. The van der Waals surface area contributed by atoms with Crippen LogP contribution >= 0.6 is 0 Å². The Morgan fingerprint density at radius 3 is 2.49 bits per heavy atom. The van der Waals surface area contributed by atoms with Gasteiger partial charge in [0.1, 0.15) is 11.4 Å². The number of aryl methyl sites for hydroxylation is 1. The third-order valence-electron chi connectivity index (χ3n) is 6.38. The molecule has 1 aliphatic heterocycles. The van der Waals surface area contributed by atoms with Crippen LogP contribution in [0.4, 0.5) is 14.5 Å². The van der Waals surface area contributed by atoms with Crippen molar-refractivity contribution in [3.8, 4) is 5.88 Å². The van der Waals surface area contributed by atoms with Crippen LogP contribution < -0.4 is 10.1 Å². The molecule has 1 aromatic carbocycles. The summed E-state index contributed by atoms with van der Waals surface area (Å²) in [7, 11) is 0. The summed E-state index contributed by atoms with van der Waals surface area (Å²) >= 11 is 0. The number of benzene rings is 1. The molecule has 3 heterocycles. The van der Waals surface area contributed by atoms with E-state index in [2.05, 4.69) is 20.0 Å². The zero-order chi connectivity index (χ0) is 26.7. The van der Waals surface area contributed by atoms with Gasteiger partial charge in [0.15, 0.2) is 0 Å². The lowest BCUT2D eigenvalue weighted by atomic mass is 9.69. The van der Waals surface area contributed by atoms with E-state index in [0.29, 0.717) is 31.0 Å². The van der Waals surface area contributed by atoms with Gasteiger partial charge in [-0.15, -0.1) is 0 Å². The molecule has 0 aliphatic carbocycles. The van der Waals surface area contributed by atoms with Gasteiger partial charge in [-0.25, -0.2) is 14.8 Å². The van der Waals surface area contributed by atoms with Crippen molar-refractivity contribution in [1.82, 2.24) is 14.9 Å². The minimum atomic E-state index is -3.09. The van der Waals surface area contributed by atoms with Crippen LogP contribution in [0.3, 0.4) is 0 Å². The number of aromatic nitrogens is 2. The van der Waals surface area contributed by atoms with Gasteiger partial charge in [-0.05, 0) is 48.2 Å². The van der Waals surface area contributed by atoms with Gasteiger partial charge in [-0.1, -0.05) is 44.2 Å². The van der Waals surface area contributed by atoms with Crippen molar-refractivity contribution < 1.29 is 28.2 Å². The molecular weight excluding hydrogens is 482 g/mol. The third-order valence-corrected chi connectivity index (χ3v) is 6.38. The zero-order valence-electron chi connectivity index (χ0n) is 20.7. The molecule has 0 bridgehead atoms. The summed E-state index contributed by atoms with van der Waals surface area (Å²) < 4.78 is 30.6. The van der Waals surface area contributed by atoms with E-state index in [9.17, 15) is 23.5 Å². The van der Waals surface area contributed by atoms with E-state index in [1.807, 2.05) is 43.0 Å². The molecule has 4 rings (SSSR count). The van der Waals surface area contributed by atoms with Gasteiger partial charge in [0.25, 0.3) is 0 Å². The first kappa shape index (κ1) is 26.2. The monoisotopic (exact) mass is 510 g/mol. The number of pyridine rings is 2. The van der Waals surface area contributed by atoms with Crippen molar-refractivity contribution in [1.29, 1.82) is 0 Å². The molecule has 1 saturated heterocycles. The van der Waals surface area contributed by atoms with Gasteiger partial charge in [-0.2, -0.15) is 8.78 Å². The van der Waals surface area contributed by atoms with Crippen molar-refractivity contribution in [2.45, 2.75) is 45.3 Å². The maximum atomic E-state index is 13.9. The minimum absolute atomic E-state index is 0.0504. The predicted molar refractivity (Wildman–Crippen MR) is 133 cm³/mol. The molecule has 1 fully saturated rings. The number of likely N-dealkylation sites (tertiary alicyclic amines) is 1. The van der Waals surface area contributed by atoms with Gasteiger partial charge >= 0.3 is 12.6 Å². The van der Waals surface area contributed by atoms with E-state index in [0.717, 1.165) is 11.1 Å². The summed E-state index contributed by atoms with van der Waals surface area (Å²) in [4.78, 5) is 35.4. The molecule has 37 heavy (non-hydrogen) atoms. The molecular formula is C27H28F2N4O4. The molecule has 1 aliphatic rings. The fourth-order valence-corrected chi connectivity index (χ4v) is 4.66. The van der Waals surface area contributed by atoms with Crippen LogP contribution in [0, 0.1) is 6.92 Å². The van der Waals surface area contributed by atoms with Crippen LogP contribution in [0.2, 0.25) is 0 Å². The summed E-state index contributed by atoms with van der Waals surface area (Å²) in [5.74, 6) is -1.68. The summed E-state index contributed by atoms with van der Waals surface area (Å²) in [6, 6.07) is 15.6. The first-order valence-electron chi connectivity index (χ1n) is 11.8. The quantitative estimate of drug-likeness (QED) is 0.434. The molecule has 8 nitrogen and oxygen atoms in total. The smallest absolute Gasteiger partial charge is 0.388 e. The Morgan fingerprint density at radius 1 is 1.08 bits per heavy atom. The topological polar surface area (TPSA) is 105 Å². The van der Waals surface area contributed by atoms with Crippen molar-refractivity contribution >= 4 is 17.6 Å². The number of hydrogen-bond acceptors (Lipinski definition) is 6. The van der Waals surface area contributed by atoms with Crippen LogP contribution in [0.5, 0.6) is 5.88 Å². The summed E-state index contributed by atoms with van der Waals surface area (Å²) in [5.41, 5.74) is 1.94. The number of alkyl halides is 2. The first-order valence-corrected chi connectivity index (χ1v) is 11.8. The second kappa shape index (κ2) is 10.6. The highest BCUT2D eigenvalue weighted by molar-refractivity contribution is 6.01. The number of nitrogens with zero attached hydrogens (tertiary/aromatic N) is 3. The highest BCUT2D eigenvalue weighted by Gasteiger charge is 2.51. The molecule has 1 amide bonds. The first-order chi connectivity index (χ1) is 17.6. The summed E-state index contributed by atoms with van der Waals surface area (Å²) in [5, 5.41) is 12.0. The van der Waals surface area contributed by atoms with Crippen molar-refractivity contribution in [3.63, 3.8) is 0 Å². The number of carbonyl (C=O) groups excluding carboxylic acids is 1. The van der Waals surface area contributed by atoms with E-state index in [1.165, 1.54) is 12.1 Å². The van der Waals surface area contributed by atoms with Gasteiger partial charge in [-0.3, -0.25) is 9.69 Å². The molecule has 3 aromatic rings. The van der Waals surface area contributed by atoms with Crippen LogP contribution in [0.1, 0.15) is 52.8 Å². The predicted octanol–water partition coefficient (Wildman–Crippen LogP) is 4.60. The molecule has 194 valence electrons. The molecule has 2 N–H and O–H groups in total. The van der Waals surface area contributed by atoms with E-state index in [1.54, 1.807) is 25.1 Å². The lowest BCUT2D eigenvalue weighted by Crippen LogP contribution is -2.64. The number of nitrogens with one attached hydrogen (secondary N) is 1. The zero-order valence-corrected chi connectivity index (χ0v) is 20.7. The van der Waals surface area contributed by atoms with E-state index in [-0.39, 0.29) is 29.1 Å². The lowest BCUT2D eigenvalue weighted by Gasteiger charge is -2.50. The number of carbonyl (C=O) groups is 2. The number of halogens is 2. The second-order valence-electron chi connectivity index (χ2n) is 9.43. The number of amides is 1. The number of rotatable bonds is 9. The molecule has 10 heteroatoms. The lowest BCUT2D eigenvalue weighted by molar-refractivity contribution is -0.128. The Bertz CT molecular complexity index is 1310. The van der Waals surface area contributed by atoms with Gasteiger partial charge in [0, 0.05) is 25.3 Å². The number of carboxylic acids is 1. The number of aromatic carboxylic acids is 1. The van der Waals surface area contributed by atoms with Crippen LogP contribution in [0.15, 0.2) is 54.6 Å². The highest BCUT2D eigenvalue weighted by atomic mass is 19.3. The van der Waals surface area contributed by atoms with Crippen LogP contribution in [-0.2, 0) is 16.8 Å². The number of ether oxygens (including phenoxy) is 1. The normalized spacial score (nSPS) is 14.9. The second-order valence-corrected chi connectivity index (χ2v) is 9.43. The van der Waals surface area contributed by atoms with Gasteiger partial charge in [0.05, 0.1) is 11.1 Å². The van der Waals surface area contributed by atoms with Crippen LogP contribution in [-0.4, -0.2) is 51.6 Å². The summed E-state index contributed by atoms with van der Waals surface area (Å²) in [6.45, 7) is 3.64. The van der Waals surface area contributed by atoms with E-state index >= 15 is 0 Å². The fraction of sp³-hybridized carbons (Fsp3) is 0.333. The Labute approximate surface area is 213 Å². The Hall–Kier alpha value is -3.92. The number of hydrogen-bond donors (Lipinski definition) is 2. The van der Waals surface area contributed by atoms with Crippen molar-refractivity contribution in [2.24, 2.45) is 0 Å². The fourth-order valence-electron chi connectivity index (χ4n) is 4.66. The van der Waals surface area contributed by atoms with Crippen molar-refractivity contribution in [3.05, 3.63) is 82.8 Å². The number of carboxylic acid groups (broad SMARTS) is 1.